The predicted molar refractivity (Wildman–Crippen MR) is 107 cm³/mol. The molecule has 0 heterocycles. The van der Waals surface area contributed by atoms with Crippen molar-refractivity contribution in [1.82, 2.24) is 4.31 Å². The molecule has 0 aliphatic heterocycles. The highest BCUT2D eigenvalue weighted by Crippen LogP contribution is 2.27. The third-order valence-corrected chi connectivity index (χ3v) is 6.20. The zero-order valence-electron chi connectivity index (χ0n) is 15.8. The van der Waals surface area contributed by atoms with Crippen LogP contribution in [-0.4, -0.2) is 36.5 Å². The average molecular weight is 424 g/mol. The molecular formula is C20H22ClNO5S. The highest BCUT2D eigenvalue weighted by atomic mass is 35.5. The summed E-state index contributed by atoms with van der Waals surface area (Å²) in [6.07, 6.45) is 0.953. The number of ether oxygens (including phenoxy) is 1. The highest BCUT2D eigenvalue weighted by molar-refractivity contribution is 7.89. The first-order valence-electron chi connectivity index (χ1n) is 8.40. The molecule has 0 fully saturated rings. The number of aliphatic hydroxyl groups is 1. The molecule has 0 radical (unpaired) electrons. The van der Waals surface area contributed by atoms with E-state index < -0.39 is 21.6 Å². The van der Waals surface area contributed by atoms with Crippen molar-refractivity contribution in [2.24, 2.45) is 0 Å². The molecule has 6 nitrogen and oxygen atoms in total. The third-order valence-electron chi connectivity index (χ3n) is 4.02. The number of hydrogen-bond donors (Lipinski definition) is 1. The third kappa shape index (κ3) is 5.13. The number of rotatable bonds is 7. The molecular weight excluding hydrogens is 402 g/mol. The molecule has 0 aromatic heterocycles. The number of esters is 1. The van der Waals surface area contributed by atoms with E-state index in [0.717, 1.165) is 23.1 Å². The topological polar surface area (TPSA) is 83.9 Å². The minimum Gasteiger partial charge on any atom is -0.467 e. The van der Waals surface area contributed by atoms with Gasteiger partial charge < -0.3 is 9.84 Å². The van der Waals surface area contributed by atoms with Gasteiger partial charge in [0.25, 0.3) is 10.0 Å². The number of carbonyl (C=O) groups is 1. The maximum atomic E-state index is 13.2. The van der Waals surface area contributed by atoms with Crippen LogP contribution in [0.15, 0.2) is 70.7 Å². The molecule has 1 unspecified atom stereocenters. The van der Waals surface area contributed by atoms with Crippen LogP contribution in [-0.2, 0) is 26.1 Å². The smallest absolute Gasteiger partial charge is 0.341 e. The number of aryl methyl sites for hydroxylation is 1. The summed E-state index contributed by atoms with van der Waals surface area (Å²) in [5.41, 5.74) is -0.505. The first-order chi connectivity index (χ1) is 13.1. The van der Waals surface area contributed by atoms with Gasteiger partial charge in [-0.05, 0) is 37.6 Å². The fourth-order valence-electron chi connectivity index (χ4n) is 2.43. The van der Waals surface area contributed by atoms with E-state index in [0.29, 0.717) is 5.56 Å². The van der Waals surface area contributed by atoms with Gasteiger partial charge in [0, 0.05) is 0 Å². The van der Waals surface area contributed by atoms with E-state index >= 15 is 0 Å². The molecule has 1 N–H and O–H groups in total. The second kappa shape index (κ2) is 8.77. The Morgan fingerprint density at radius 1 is 1.18 bits per heavy atom. The lowest BCUT2D eigenvalue weighted by molar-refractivity contribution is -0.155. The summed E-state index contributed by atoms with van der Waals surface area (Å²) in [6, 6.07) is 15.2. The molecule has 28 heavy (non-hydrogen) atoms. The number of carbonyl (C=O) groups excluding carboxylic acids is 1. The fraction of sp³-hybridized carbons (Fsp3) is 0.250. The Morgan fingerprint density at radius 3 is 2.29 bits per heavy atom. The van der Waals surface area contributed by atoms with Gasteiger partial charge in [-0.2, -0.15) is 0 Å². The number of halogens is 1. The van der Waals surface area contributed by atoms with Gasteiger partial charge in [-0.15, -0.1) is 0 Å². The Bertz CT molecular complexity index is 954. The first kappa shape index (κ1) is 21.9. The monoisotopic (exact) mass is 423 g/mol. The van der Waals surface area contributed by atoms with Crippen molar-refractivity contribution in [3.8, 4) is 0 Å². The normalized spacial score (nSPS) is 14.2. The van der Waals surface area contributed by atoms with Crippen molar-refractivity contribution >= 4 is 27.6 Å². The Morgan fingerprint density at radius 2 is 1.75 bits per heavy atom. The van der Waals surface area contributed by atoms with Crippen molar-refractivity contribution in [1.29, 1.82) is 0 Å². The van der Waals surface area contributed by atoms with E-state index in [9.17, 15) is 18.3 Å². The summed E-state index contributed by atoms with van der Waals surface area (Å²) in [7, 11) is -2.94. The summed E-state index contributed by atoms with van der Waals surface area (Å²) < 4.78 is 31.9. The van der Waals surface area contributed by atoms with E-state index in [-0.39, 0.29) is 16.6 Å². The summed E-state index contributed by atoms with van der Waals surface area (Å²) in [5, 5.41) is 9.96. The van der Waals surface area contributed by atoms with Crippen LogP contribution in [0.3, 0.4) is 0 Å². The van der Waals surface area contributed by atoms with Gasteiger partial charge in [-0.3, -0.25) is 4.31 Å². The number of sulfonamides is 1. The highest BCUT2D eigenvalue weighted by Gasteiger charge is 2.33. The van der Waals surface area contributed by atoms with Crippen LogP contribution < -0.4 is 0 Å². The van der Waals surface area contributed by atoms with E-state index in [4.69, 9.17) is 11.6 Å². The molecule has 0 aliphatic rings. The average Bonchev–Trinajstić information content (AvgIpc) is 2.66. The van der Waals surface area contributed by atoms with Crippen molar-refractivity contribution in [2.75, 3.05) is 7.11 Å². The van der Waals surface area contributed by atoms with Crippen LogP contribution in [0.5, 0.6) is 0 Å². The number of nitrogens with zero attached hydrogens (tertiary/aromatic N) is 1. The molecule has 2 rings (SSSR count). The van der Waals surface area contributed by atoms with E-state index in [1.165, 1.54) is 19.1 Å². The van der Waals surface area contributed by atoms with E-state index in [2.05, 4.69) is 4.74 Å². The van der Waals surface area contributed by atoms with E-state index in [1.807, 2.05) is 13.0 Å². The zero-order chi connectivity index (χ0) is 20.9. The van der Waals surface area contributed by atoms with Crippen LogP contribution >= 0.6 is 11.6 Å². The standard InChI is InChI=1S/C20H22ClNO5S/c1-15-9-11-17(12-10-15)28(25,26)22(14-16-7-5-4-6-8-16)18(21)13-20(2,24)19(23)27-3/h4-13,24H,14H2,1-3H3/b18-13+. The lowest BCUT2D eigenvalue weighted by Crippen LogP contribution is -2.36. The fourth-order valence-corrected chi connectivity index (χ4v) is 4.31. The van der Waals surface area contributed by atoms with Crippen LogP contribution in [0, 0.1) is 6.92 Å². The van der Waals surface area contributed by atoms with Crippen LogP contribution in [0.4, 0.5) is 0 Å². The van der Waals surface area contributed by atoms with Gasteiger partial charge >= 0.3 is 5.97 Å². The first-order valence-corrected chi connectivity index (χ1v) is 10.2. The van der Waals surface area contributed by atoms with Gasteiger partial charge in [-0.25, -0.2) is 13.2 Å². The SMILES string of the molecule is COC(=O)C(C)(O)/C=C(\Cl)N(Cc1ccccc1)S(=O)(=O)c1ccc(C)cc1. The van der Waals surface area contributed by atoms with Crippen LogP contribution in [0.2, 0.25) is 0 Å². The minimum absolute atomic E-state index is 0.0401. The Labute approximate surface area is 170 Å². The van der Waals surface area contributed by atoms with Crippen molar-refractivity contribution < 1.29 is 23.1 Å². The molecule has 1 atom stereocenters. The second-order valence-electron chi connectivity index (χ2n) is 6.42. The molecule has 8 heteroatoms. The van der Waals surface area contributed by atoms with Crippen molar-refractivity contribution in [3.63, 3.8) is 0 Å². The maximum absolute atomic E-state index is 13.2. The summed E-state index contributed by atoms with van der Waals surface area (Å²) >= 11 is 6.29. The number of methoxy groups -OCH3 is 1. The molecule has 2 aromatic rings. The largest absolute Gasteiger partial charge is 0.467 e. The van der Waals surface area contributed by atoms with Gasteiger partial charge in [0.05, 0.1) is 18.6 Å². The van der Waals surface area contributed by atoms with Gasteiger partial charge in [0.1, 0.15) is 5.16 Å². The number of benzene rings is 2. The minimum atomic E-state index is -4.05. The summed E-state index contributed by atoms with van der Waals surface area (Å²) in [4.78, 5) is 11.8. The van der Waals surface area contributed by atoms with Crippen LogP contribution in [0.1, 0.15) is 18.1 Å². The second-order valence-corrected chi connectivity index (χ2v) is 8.67. The molecule has 150 valence electrons. The molecule has 0 saturated heterocycles. The van der Waals surface area contributed by atoms with Gasteiger partial charge in [0.15, 0.2) is 5.60 Å². The Balaban J connectivity index is 2.53. The molecule has 0 saturated carbocycles. The van der Waals surface area contributed by atoms with Gasteiger partial charge in [0.2, 0.25) is 0 Å². The van der Waals surface area contributed by atoms with E-state index in [1.54, 1.807) is 36.4 Å². The Hall–Kier alpha value is -2.35. The maximum Gasteiger partial charge on any atom is 0.341 e. The summed E-state index contributed by atoms with van der Waals surface area (Å²) in [5.74, 6) is -0.960. The summed E-state index contributed by atoms with van der Waals surface area (Å²) in [6.45, 7) is 2.93. The Kier molecular flexibility index (Phi) is 6.87. The van der Waals surface area contributed by atoms with Gasteiger partial charge in [-0.1, -0.05) is 59.6 Å². The zero-order valence-corrected chi connectivity index (χ0v) is 17.4. The van der Waals surface area contributed by atoms with Crippen molar-refractivity contribution in [2.45, 2.75) is 30.9 Å². The quantitative estimate of drug-likeness (QED) is 0.546. The lowest BCUT2D eigenvalue weighted by Gasteiger charge is -2.26. The predicted octanol–water partition coefficient (Wildman–Crippen LogP) is 3.19. The van der Waals surface area contributed by atoms with Crippen LogP contribution in [0.25, 0.3) is 0 Å². The molecule has 0 spiro atoms. The van der Waals surface area contributed by atoms with Crippen molar-refractivity contribution in [3.05, 3.63) is 77.0 Å². The molecule has 0 aliphatic carbocycles. The lowest BCUT2D eigenvalue weighted by atomic mass is 10.1. The molecule has 2 aromatic carbocycles. The number of hydrogen-bond acceptors (Lipinski definition) is 5. The molecule has 0 amide bonds. The molecule has 0 bridgehead atoms.